The van der Waals surface area contributed by atoms with Crippen molar-refractivity contribution in [1.82, 2.24) is 4.90 Å². The van der Waals surface area contributed by atoms with Gasteiger partial charge in [0.25, 0.3) is 0 Å². The number of fused-ring (bicyclic) bond motifs is 2. The Morgan fingerprint density at radius 3 is 2.68 bits per heavy atom. The van der Waals surface area contributed by atoms with E-state index in [1.165, 1.54) is 16.8 Å². The van der Waals surface area contributed by atoms with Gasteiger partial charge in [-0.2, -0.15) is 0 Å². The van der Waals surface area contributed by atoms with E-state index in [0.29, 0.717) is 6.61 Å². The van der Waals surface area contributed by atoms with Crippen LogP contribution < -0.4 is 9.80 Å². The van der Waals surface area contributed by atoms with Gasteiger partial charge in [-0.1, -0.05) is 30.3 Å². The summed E-state index contributed by atoms with van der Waals surface area (Å²) in [6, 6.07) is 14.7. The van der Waals surface area contributed by atoms with Gasteiger partial charge in [-0.25, -0.2) is 4.79 Å². The van der Waals surface area contributed by atoms with Gasteiger partial charge in [0.1, 0.15) is 0 Å². The van der Waals surface area contributed by atoms with Crippen molar-refractivity contribution in [2.45, 2.75) is 32.2 Å². The van der Waals surface area contributed by atoms with Crippen LogP contribution in [0.25, 0.3) is 0 Å². The number of para-hydroxylation sites is 3. The second-order valence-electron chi connectivity index (χ2n) is 7.78. The summed E-state index contributed by atoms with van der Waals surface area (Å²) in [6.07, 6.45) is 2.69. The van der Waals surface area contributed by atoms with Crippen LogP contribution in [0.4, 0.5) is 21.9 Å². The molecule has 2 heterocycles. The van der Waals surface area contributed by atoms with Crippen LogP contribution >= 0.6 is 0 Å². The summed E-state index contributed by atoms with van der Waals surface area (Å²) in [7, 11) is 4.18. The van der Waals surface area contributed by atoms with Crippen molar-refractivity contribution in [2.75, 3.05) is 43.6 Å². The molecule has 1 atom stereocenters. The van der Waals surface area contributed by atoms with E-state index in [1.54, 1.807) is 0 Å². The maximum absolute atomic E-state index is 13.1. The Kier molecular flexibility index (Phi) is 5.27. The molecule has 2 aromatic carbocycles. The first kappa shape index (κ1) is 18.8. The lowest BCUT2D eigenvalue weighted by molar-refractivity contribution is 0.156. The van der Waals surface area contributed by atoms with E-state index < -0.39 is 0 Å². The van der Waals surface area contributed by atoms with Gasteiger partial charge in [-0.05, 0) is 70.1 Å². The molecule has 4 rings (SSSR count). The molecule has 1 amide bonds. The van der Waals surface area contributed by atoms with Gasteiger partial charge in [0.15, 0.2) is 0 Å². The first-order chi connectivity index (χ1) is 13.6. The van der Waals surface area contributed by atoms with Crippen LogP contribution in [-0.2, 0) is 11.2 Å². The Hall–Kier alpha value is -2.53. The highest BCUT2D eigenvalue weighted by atomic mass is 16.6. The van der Waals surface area contributed by atoms with Crippen molar-refractivity contribution in [1.29, 1.82) is 0 Å². The Morgan fingerprint density at radius 1 is 1.14 bits per heavy atom. The summed E-state index contributed by atoms with van der Waals surface area (Å²) in [5, 5.41) is 0. The molecule has 148 valence electrons. The van der Waals surface area contributed by atoms with Crippen LogP contribution in [-0.4, -0.2) is 44.8 Å². The van der Waals surface area contributed by atoms with Gasteiger partial charge >= 0.3 is 6.09 Å². The molecule has 0 bridgehead atoms. The molecule has 2 aliphatic rings. The molecule has 2 aromatic rings. The van der Waals surface area contributed by atoms with Gasteiger partial charge in [-0.15, -0.1) is 0 Å². The minimum atomic E-state index is -0.261. The molecule has 0 fully saturated rings. The summed E-state index contributed by atoms with van der Waals surface area (Å²) < 4.78 is 5.51. The van der Waals surface area contributed by atoms with Crippen LogP contribution in [0.15, 0.2) is 42.5 Å². The van der Waals surface area contributed by atoms with Crippen molar-refractivity contribution in [3.05, 3.63) is 53.6 Å². The first-order valence-electron chi connectivity index (χ1n) is 10.2. The lowest BCUT2D eigenvalue weighted by Gasteiger charge is -2.31. The molecule has 5 nitrogen and oxygen atoms in total. The highest BCUT2D eigenvalue weighted by Gasteiger charge is 2.38. The van der Waals surface area contributed by atoms with E-state index in [0.717, 1.165) is 43.7 Å². The number of ether oxygens (including phenoxy) is 1. The summed E-state index contributed by atoms with van der Waals surface area (Å²) in [5.41, 5.74) is 5.93. The van der Waals surface area contributed by atoms with E-state index >= 15 is 0 Å². The third-order valence-electron chi connectivity index (χ3n) is 5.68. The topological polar surface area (TPSA) is 36.0 Å². The van der Waals surface area contributed by atoms with E-state index in [-0.39, 0.29) is 12.1 Å². The maximum Gasteiger partial charge on any atom is 0.414 e. The summed E-state index contributed by atoms with van der Waals surface area (Å²) >= 11 is 0. The summed E-state index contributed by atoms with van der Waals surface area (Å²) in [5.74, 6) is 0. The van der Waals surface area contributed by atoms with Crippen LogP contribution in [0.1, 0.15) is 36.9 Å². The van der Waals surface area contributed by atoms with Crippen molar-refractivity contribution in [3.8, 4) is 0 Å². The molecule has 0 aromatic heterocycles. The second kappa shape index (κ2) is 7.84. The van der Waals surface area contributed by atoms with Gasteiger partial charge < -0.3 is 14.5 Å². The predicted molar refractivity (Wildman–Crippen MR) is 114 cm³/mol. The molecule has 0 spiro atoms. The van der Waals surface area contributed by atoms with Gasteiger partial charge in [-0.3, -0.25) is 4.90 Å². The Morgan fingerprint density at radius 2 is 1.93 bits per heavy atom. The molecule has 1 unspecified atom stereocenters. The molecule has 0 radical (unpaired) electrons. The molecule has 0 saturated carbocycles. The fourth-order valence-corrected chi connectivity index (χ4v) is 4.50. The number of amides is 1. The zero-order valence-electron chi connectivity index (χ0n) is 17.0. The number of nitrogens with zero attached hydrogens (tertiary/aromatic N) is 3. The number of anilines is 3. The number of benzene rings is 2. The summed E-state index contributed by atoms with van der Waals surface area (Å²) in [6.45, 7) is 4.18. The van der Waals surface area contributed by atoms with E-state index in [9.17, 15) is 4.79 Å². The van der Waals surface area contributed by atoms with Crippen LogP contribution in [0.3, 0.4) is 0 Å². The number of hydrogen-bond donors (Lipinski definition) is 0. The highest BCUT2D eigenvalue weighted by Crippen LogP contribution is 2.50. The molecule has 5 heteroatoms. The fraction of sp³-hybridized carbons (Fsp3) is 0.435. The van der Waals surface area contributed by atoms with Crippen molar-refractivity contribution >= 4 is 23.2 Å². The van der Waals surface area contributed by atoms with Crippen molar-refractivity contribution < 1.29 is 9.53 Å². The largest absolute Gasteiger partial charge is 0.449 e. The molecule has 28 heavy (non-hydrogen) atoms. The SMILES string of the molecule is CCOC(=O)N1c2ccccc2N2CCc3cccc(c32)C1CCCN(C)C. The molecule has 0 aliphatic carbocycles. The standard InChI is InChI=1S/C23H29N3O2/c1-4-28-23(27)26-19(13-8-15-24(2)3)18-10-7-9-17-14-16-25(22(17)18)20-11-5-6-12-21(20)26/h5-7,9-12,19H,4,8,13-16H2,1-3H3. The summed E-state index contributed by atoms with van der Waals surface area (Å²) in [4.78, 5) is 19.6. The van der Waals surface area contributed by atoms with Crippen molar-refractivity contribution in [3.63, 3.8) is 0 Å². The first-order valence-corrected chi connectivity index (χ1v) is 10.2. The fourth-order valence-electron chi connectivity index (χ4n) is 4.50. The Labute approximate surface area is 167 Å². The third kappa shape index (κ3) is 3.24. The van der Waals surface area contributed by atoms with Gasteiger partial charge in [0.05, 0.1) is 24.0 Å². The normalized spacial score (nSPS) is 17.4. The lowest BCUT2D eigenvalue weighted by Crippen LogP contribution is -2.35. The molecule has 0 saturated heterocycles. The van der Waals surface area contributed by atoms with Crippen molar-refractivity contribution in [2.24, 2.45) is 0 Å². The Bertz CT molecular complexity index is 865. The predicted octanol–water partition coefficient (Wildman–Crippen LogP) is 4.74. The average molecular weight is 380 g/mol. The van der Waals surface area contributed by atoms with E-state index in [1.807, 2.05) is 17.9 Å². The average Bonchev–Trinajstić information content (AvgIpc) is 3.06. The van der Waals surface area contributed by atoms with E-state index in [4.69, 9.17) is 4.74 Å². The van der Waals surface area contributed by atoms with Gasteiger partial charge in [0, 0.05) is 12.2 Å². The quantitative estimate of drug-likeness (QED) is 0.752. The molecule has 0 N–H and O–H groups in total. The number of carbonyl (C=O) groups is 1. The van der Waals surface area contributed by atoms with Crippen LogP contribution in [0.2, 0.25) is 0 Å². The number of rotatable bonds is 5. The monoisotopic (exact) mass is 379 g/mol. The highest BCUT2D eigenvalue weighted by molar-refractivity contribution is 5.97. The van der Waals surface area contributed by atoms with Crippen LogP contribution in [0, 0.1) is 0 Å². The molecular formula is C23H29N3O2. The maximum atomic E-state index is 13.1. The third-order valence-corrected chi connectivity index (χ3v) is 5.68. The molecule has 2 aliphatic heterocycles. The number of carbonyl (C=O) groups excluding carboxylic acids is 1. The smallest absolute Gasteiger partial charge is 0.414 e. The number of hydrogen-bond acceptors (Lipinski definition) is 4. The minimum absolute atomic E-state index is 0.0294. The zero-order valence-corrected chi connectivity index (χ0v) is 17.0. The minimum Gasteiger partial charge on any atom is -0.449 e. The second-order valence-corrected chi connectivity index (χ2v) is 7.78. The lowest BCUT2D eigenvalue weighted by atomic mass is 9.96. The van der Waals surface area contributed by atoms with Gasteiger partial charge in [0.2, 0.25) is 0 Å². The Balaban J connectivity index is 1.86. The zero-order chi connectivity index (χ0) is 19.7. The van der Waals surface area contributed by atoms with E-state index in [2.05, 4.69) is 60.3 Å². The molecular weight excluding hydrogens is 350 g/mol. The van der Waals surface area contributed by atoms with Crippen LogP contribution in [0.5, 0.6) is 0 Å².